The van der Waals surface area contributed by atoms with Gasteiger partial charge in [0.05, 0.1) is 0 Å². The maximum Gasteiger partial charge on any atom is 0.119 e. The van der Waals surface area contributed by atoms with Gasteiger partial charge in [-0.3, -0.25) is 0 Å². The van der Waals surface area contributed by atoms with Crippen molar-refractivity contribution in [2.75, 3.05) is 26.2 Å². The lowest BCUT2D eigenvalue weighted by molar-refractivity contribution is 0.223. The van der Waals surface area contributed by atoms with Crippen LogP contribution in [0.5, 0.6) is 5.75 Å². The largest absolute Gasteiger partial charge is 0.492 e. The highest BCUT2D eigenvalue weighted by Crippen LogP contribution is 2.32. The average molecular weight is 394 g/mol. The lowest BCUT2D eigenvalue weighted by Crippen LogP contribution is -2.27. The van der Waals surface area contributed by atoms with Crippen LogP contribution in [0.3, 0.4) is 0 Å². The Morgan fingerprint density at radius 1 is 0.929 bits per heavy atom. The number of rotatable bonds is 10. The van der Waals surface area contributed by atoms with E-state index in [1.165, 1.54) is 21.6 Å². The highest BCUT2D eigenvalue weighted by molar-refractivity contribution is 7.10. The monoisotopic (exact) mass is 393 g/mol. The zero-order valence-corrected chi connectivity index (χ0v) is 18.0. The Bertz CT molecular complexity index is 805. The fraction of sp³-hybridized carbons (Fsp3) is 0.360. The van der Waals surface area contributed by atoms with Gasteiger partial charge in [-0.25, -0.2) is 0 Å². The van der Waals surface area contributed by atoms with E-state index in [9.17, 15) is 0 Å². The number of thiophene rings is 1. The molecule has 1 heterocycles. The zero-order chi connectivity index (χ0) is 19.8. The molecule has 2 aromatic carbocycles. The summed E-state index contributed by atoms with van der Waals surface area (Å²) in [6.45, 7) is 10.4. The smallest absolute Gasteiger partial charge is 0.119 e. The predicted octanol–water partition coefficient (Wildman–Crippen LogP) is 6.15. The van der Waals surface area contributed by atoms with E-state index in [0.717, 1.165) is 38.4 Å². The minimum atomic E-state index is 0.382. The molecule has 28 heavy (non-hydrogen) atoms. The summed E-state index contributed by atoms with van der Waals surface area (Å²) in [5.74, 6) is 1.34. The molecular formula is C25H31NOS. The van der Waals surface area contributed by atoms with Gasteiger partial charge < -0.3 is 9.64 Å². The number of nitrogens with zero attached hydrogens (tertiary/aromatic N) is 1. The second-order valence-electron chi connectivity index (χ2n) is 7.20. The minimum absolute atomic E-state index is 0.382. The summed E-state index contributed by atoms with van der Waals surface area (Å²) in [7, 11) is 0. The number of benzene rings is 2. The van der Waals surface area contributed by atoms with Crippen molar-refractivity contribution in [3.05, 3.63) is 87.6 Å². The summed E-state index contributed by atoms with van der Waals surface area (Å²) < 4.78 is 5.96. The third kappa shape index (κ3) is 5.70. The second kappa shape index (κ2) is 10.4. The van der Waals surface area contributed by atoms with Crippen molar-refractivity contribution in [1.82, 2.24) is 4.90 Å². The molecule has 0 bridgehead atoms. The highest BCUT2D eigenvalue weighted by Gasteiger charge is 2.16. The van der Waals surface area contributed by atoms with Crippen molar-refractivity contribution in [3.63, 3.8) is 0 Å². The Kier molecular flexibility index (Phi) is 7.70. The molecule has 3 rings (SSSR count). The lowest BCUT2D eigenvalue weighted by atomic mass is 9.90. The number of likely N-dealkylation sites (N-methyl/N-ethyl adjacent to an activating group) is 1. The Balaban J connectivity index is 1.69. The molecule has 1 atom stereocenters. The summed E-state index contributed by atoms with van der Waals surface area (Å²) in [5, 5.41) is 2.17. The Morgan fingerprint density at radius 2 is 1.64 bits per heavy atom. The van der Waals surface area contributed by atoms with Crippen LogP contribution in [-0.2, 0) is 6.42 Å². The van der Waals surface area contributed by atoms with Gasteiger partial charge in [-0.05, 0) is 61.1 Å². The molecule has 0 spiro atoms. The molecule has 1 unspecified atom stereocenters. The molecule has 0 radical (unpaired) electrons. The summed E-state index contributed by atoms with van der Waals surface area (Å²) >= 11 is 1.84. The molecule has 148 valence electrons. The standard InChI is InChI=1S/C25H31NOS/c1-4-26(5-2)16-17-27-23-14-12-22(13-15-23)24(25-7-6-18-28-25)19-21-10-8-20(3)9-11-21/h6-15,18,24H,4-5,16-17,19H2,1-3H3. The molecule has 0 N–H and O–H groups in total. The average Bonchev–Trinajstić information content (AvgIpc) is 3.26. The summed E-state index contributed by atoms with van der Waals surface area (Å²) in [6, 6.07) is 22.0. The van der Waals surface area contributed by atoms with Crippen LogP contribution in [0.15, 0.2) is 66.0 Å². The fourth-order valence-corrected chi connectivity index (χ4v) is 4.32. The molecule has 0 aliphatic heterocycles. The van der Waals surface area contributed by atoms with E-state index in [-0.39, 0.29) is 0 Å². The molecular weight excluding hydrogens is 362 g/mol. The normalized spacial score (nSPS) is 12.3. The van der Waals surface area contributed by atoms with Crippen LogP contribution in [0, 0.1) is 6.92 Å². The van der Waals surface area contributed by atoms with Crippen LogP contribution >= 0.6 is 11.3 Å². The van der Waals surface area contributed by atoms with Crippen molar-refractivity contribution in [3.8, 4) is 5.75 Å². The Labute approximate surface area is 173 Å². The maximum absolute atomic E-state index is 5.96. The van der Waals surface area contributed by atoms with Crippen molar-refractivity contribution in [2.24, 2.45) is 0 Å². The van der Waals surface area contributed by atoms with E-state index in [0.29, 0.717) is 5.92 Å². The summed E-state index contributed by atoms with van der Waals surface area (Å²) in [4.78, 5) is 3.79. The third-order valence-corrected chi connectivity index (χ3v) is 6.29. The van der Waals surface area contributed by atoms with Crippen LogP contribution in [0.25, 0.3) is 0 Å². The second-order valence-corrected chi connectivity index (χ2v) is 8.18. The number of hydrogen-bond donors (Lipinski definition) is 0. The van der Waals surface area contributed by atoms with Gasteiger partial charge in [-0.15, -0.1) is 11.3 Å². The Hall–Kier alpha value is -2.10. The Morgan fingerprint density at radius 3 is 2.25 bits per heavy atom. The van der Waals surface area contributed by atoms with E-state index in [4.69, 9.17) is 4.74 Å². The first-order valence-electron chi connectivity index (χ1n) is 10.2. The van der Waals surface area contributed by atoms with Gasteiger partial charge in [-0.1, -0.05) is 61.9 Å². The number of aryl methyl sites for hydroxylation is 1. The molecule has 0 saturated heterocycles. The van der Waals surface area contributed by atoms with Crippen molar-refractivity contribution in [2.45, 2.75) is 33.1 Å². The molecule has 1 aromatic heterocycles. The van der Waals surface area contributed by atoms with Gasteiger partial charge >= 0.3 is 0 Å². The zero-order valence-electron chi connectivity index (χ0n) is 17.2. The molecule has 0 aliphatic rings. The van der Waals surface area contributed by atoms with E-state index >= 15 is 0 Å². The predicted molar refractivity (Wildman–Crippen MR) is 121 cm³/mol. The lowest BCUT2D eigenvalue weighted by Gasteiger charge is -2.19. The molecule has 0 saturated carbocycles. The topological polar surface area (TPSA) is 12.5 Å². The van der Waals surface area contributed by atoms with E-state index in [1.54, 1.807) is 0 Å². The molecule has 0 amide bonds. The number of hydrogen-bond acceptors (Lipinski definition) is 3. The van der Waals surface area contributed by atoms with Gasteiger partial charge in [-0.2, -0.15) is 0 Å². The SMILES string of the molecule is CCN(CC)CCOc1ccc(C(Cc2ccc(C)cc2)c2cccs2)cc1. The van der Waals surface area contributed by atoms with Crippen molar-refractivity contribution in [1.29, 1.82) is 0 Å². The third-order valence-electron chi connectivity index (χ3n) is 5.30. The van der Waals surface area contributed by atoms with Crippen LogP contribution in [-0.4, -0.2) is 31.1 Å². The van der Waals surface area contributed by atoms with Gasteiger partial charge in [0, 0.05) is 17.3 Å². The van der Waals surface area contributed by atoms with Crippen molar-refractivity contribution >= 4 is 11.3 Å². The first kappa shape index (κ1) is 20.6. The molecule has 3 heteroatoms. The molecule has 3 aromatic rings. The van der Waals surface area contributed by atoms with Crippen LogP contribution in [0.1, 0.15) is 41.3 Å². The van der Waals surface area contributed by atoms with E-state index < -0.39 is 0 Å². The first-order valence-corrected chi connectivity index (χ1v) is 11.1. The van der Waals surface area contributed by atoms with Gasteiger partial charge in [0.2, 0.25) is 0 Å². The van der Waals surface area contributed by atoms with Crippen LogP contribution in [0.4, 0.5) is 0 Å². The molecule has 2 nitrogen and oxygen atoms in total. The summed E-state index contributed by atoms with van der Waals surface area (Å²) in [5.41, 5.74) is 4.03. The first-order chi connectivity index (χ1) is 13.7. The summed E-state index contributed by atoms with van der Waals surface area (Å²) in [6.07, 6.45) is 1.02. The van der Waals surface area contributed by atoms with Crippen LogP contribution in [0.2, 0.25) is 0 Å². The number of ether oxygens (including phenoxy) is 1. The van der Waals surface area contributed by atoms with Gasteiger partial charge in [0.1, 0.15) is 12.4 Å². The quantitative estimate of drug-likeness (QED) is 0.409. The highest BCUT2D eigenvalue weighted by atomic mass is 32.1. The minimum Gasteiger partial charge on any atom is -0.492 e. The fourth-order valence-electron chi connectivity index (χ4n) is 3.46. The van der Waals surface area contributed by atoms with Crippen molar-refractivity contribution < 1.29 is 4.74 Å². The van der Waals surface area contributed by atoms with Gasteiger partial charge in [0.25, 0.3) is 0 Å². The van der Waals surface area contributed by atoms with Crippen LogP contribution < -0.4 is 4.74 Å². The maximum atomic E-state index is 5.96. The molecule has 0 fully saturated rings. The van der Waals surface area contributed by atoms with Gasteiger partial charge in [0.15, 0.2) is 0 Å². The van der Waals surface area contributed by atoms with E-state index in [1.807, 2.05) is 11.3 Å². The molecule has 0 aliphatic carbocycles. The van der Waals surface area contributed by atoms with E-state index in [2.05, 4.69) is 91.7 Å².